The molecule has 0 aliphatic rings. The first-order valence-electron chi connectivity index (χ1n) is 7.59. The minimum Gasteiger partial charge on any atom is -0.360 e. The summed E-state index contributed by atoms with van der Waals surface area (Å²) in [5.74, 6) is 2.47. The molecule has 0 unspecified atom stereocenters. The monoisotopic (exact) mass is 318 g/mol. The van der Waals surface area contributed by atoms with Gasteiger partial charge in [-0.25, -0.2) is 9.97 Å². The van der Waals surface area contributed by atoms with E-state index in [0.717, 1.165) is 46.7 Å². The molecular weight excluding hydrogens is 296 g/mol. The Labute approximate surface area is 137 Å². The summed E-state index contributed by atoms with van der Waals surface area (Å²) in [6.45, 7) is 7.07. The van der Waals surface area contributed by atoms with Gasteiger partial charge in [-0.3, -0.25) is 0 Å². The maximum Gasteiger partial charge on any atom is 0.136 e. The summed E-state index contributed by atoms with van der Waals surface area (Å²) in [6.07, 6.45) is 2.32. The molecule has 1 aromatic heterocycles. The van der Waals surface area contributed by atoms with E-state index < -0.39 is 0 Å². The maximum atomic E-state index is 6.17. The second-order valence-electron chi connectivity index (χ2n) is 5.52. The second kappa shape index (κ2) is 7.45. The summed E-state index contributed by atoms with van der Waals surface area (Å²) >= 11 is 6.17. The zero-order chi connectivity index (χ0) is 16.1. The number of halogens is 1. The van der Waals surface area contributed by atoms with E-state index >= 15 is 0 Å². The van der Waals surface area contributed by atoms with Gasteiger partial charge in [0.15, 0.2) is 0 Å². The highest BCUT2D eigenvalue weighted by Crippen LogP contribution is 2.24. The van der Waals surface area contributed by atoms with Crippen LogP contribution in [-0.4, -0.2) is 23.6 Å². The van der Waals surface area contributed by atoms with Crippen LogP contribution >= 0.6 is 11.6 Å². The molecule has 0 radical (unpaired) electrons. The lowest BCUT2D eigenvalue weighted by atomic mass is 10.2. The average Bonchev–Trinajstić information content (AvgIpc) is 2.48. The Morgan fingerprint density at radius 3 is 2.64 bits per heavy atom. The van der Waals surface area contributed by atoms with Gasteiger partial charge in [0.05, 0.1) is 0 Å². The molecule has 0 bridgehead atoms. The number of nitrogens with zero attached hydrogens (tertiary/aromatic N) is 3. The Morgan fingerprint density at radius 1 is 1.18 bits per heavy atom. The van der Waals surface area contributed by atoms with E-state index in [1.54, 1.807) is 0 Å². The van der Waals surface area contributed by atoms with Gasteiger partial charge in [-0.1, -0.05) is 31.0 Å². The van der Waals surface area contributed by atoms with Crippen molar-refractivity contribution < 1.29 is 0 Å². The highest BCUT2D eigenvalue weighted by Gasteiger charge is 2.07. The SMILES string of the molecule is CCCCN(C)c1cc(Nc2ccc(C)c(Cl)c2)nc(C)n1. The van der Waals surface area contributed by atoms with Gasteiger partial charge in [0.25, 0.3) is 0 Å². The zero-order valence-corrected chi connectivity index (χ0v) is 14.4. The van der Waals surface area contributed by atoms with Crippen molar-refractivity contribution in [1.29, 1.82) is 0 Å². The number of hydrogen-bond donors (Lipinski definition) is 1. The highest BCUT2D eigenvalue weighted by atomic mass is 35.5. The second-order valence-corrected chi connectivity index (χ2v) is 5.93. The highest BCUT2D eigenvalue weighted by molar-refractivity contribution is 6.31. The van der Waals surface area contributed by atoms with Crippen LogP contribution in [0.15, 0.2) is 24.3 Å². The first-order chi connectivity index (χ1) is 10.5. The predicted molar refractivity (Wildman–Crippen MR) is 94.4 cm³/mol. The predicted octanol–water partition coefficient (Wildman–Crippen LogP) is 4.73. The van der Waals surface area contributed by atoms with Crippen LogP contribution in [-0.2, 0) is 0 Å². The number of anilines is 3. The van der Waals surface area contributed by atoms with Crippen LogP contribution in [0.3, 0.4) is 0 Å². The summed E-state index contributed by atoms with van der Waals surface area (Å²) in [6, 6.07) is 7.87. The Hall–Kier alpha value is -1.81. The van der Waals surface area contributed by atoms with Crippen molar-refractivity contribution in [3.63, 3.8) is 0 Å². The van der Waals surface area contributed by atoms with Crippen LogP contribution in [0.4, 0.5) is 17.3 Å². The Balaban J connectivity index is 2.20. The quantitative estimate of drug-likeness (QED) is 0.836. The molecule has 1 aromatic carbocycles. The fourth-order valence-corrected chi connectivity index (χ4v) is 2.32. The van der Waals surface area contributed by atoms with Gasteiger partial charge in [0, 0.05) is 30.4 Å². The number of benzene rings is 1. The molecule has 22 heavy (non-hydrogen) atoms. The van der Waals surface area contributed by atoms with E-state index in [4.69, 9.17) is 11.6 Å². The van der Waals surface area contributed by atoms with Crippen LogP contribution in [0, 0.1) is 13.8 Å². The topological polar surface area (TPSA) is 41.0 Å². The van der Waals surface area contributed by atoms with Crippen molar-refractivity contribution >= 4 is 28.9 Å². The van der Waals surface area contributed by atoms with E-state index in [2.05, 4.69) is 34.2 Å². The fourth-order valence-electron chi connectivity index (χ4n) is 2.14. The molecule has 2 aromatic rings. The Morgan fingerprint density at radius 2 is 1.95 bits per heavy atom. The minimum absolute atomic E-state index is 0.746. The third kappa shape index (κ3) is 4.34. The molecule has 0 saturated carbocycles. The van der Waals surface area contributed by atoms with Gasteiger partial charge in [-0.2, -0.15) is 0 Å². The van der Waals surface area contributed by atoms with E-state index in [9.17, 15) is 0 Å². The molecule has 0 spiro atoms. The lowest BCUT2D eigenvalue weighted by molar-refractivity contribution is 0.756. The fraction of sp³-hybridized carbons (Fsp3) is 0.412. The van der Waals surface area contributed by atoms with E-state index in [0.29, 0.717) is 0 Å². The van der Waals surface area contributed by atoms with E-state index in [1.807, 2.05) is 38.1 Å². The molecule has 1 heterocycles. The molecule has 0 aliphatic heterocycles. The summed E-state index contributed by atoms with van der Waals surface area (Å²) in [5, 5.41) is 4.05. The number of hydrogen-bond acceptors (Lipinski definition) is 4. The van der Waals surface area contributed by atoms with Crippen molar-refractivity contribution in [3.05, 3.63) is 40.7 Å². The molecule has 4 nitrogen and oxygen atoms in total. The molecule has 0 aliphatic carbocycles. The van der Waals surface area contributed by atoms with Crippen molar-refractivity contribution in [1.82, 2.24) is 9.97 Å². The van der Waals surface area contributed by atoms with Crippen molar-refractivity contribution in [2.45, 2.75) is 33.6 Å². The van der Waals surface area contributed by atoms with Crippen LogP contribution in [0.25, 0.3) is 0 Å². The zero-order valence-electron chi connectivity index (χ0n) is 13.7. The number of nitrogens with one attached hydrogen (secondary N) is 1. The Bertz CT molecular complexity index is 643. The van der Waals surface area contributed by atoms with Crippen LogP contribution in [0.2, 0.25) is 5.02 Å². The summed E-state index contributed by atoms with van der Waals surface area (Å²) in [5.41, 5.74) is 1.99. The molecule has 118 valence electrons. The number of rotatable bonds is 6. The molecular formula is C17H23ClN4. The van der Waals surface area contributed by atoms with Gasteiger partial charge in [0.2, 0.25) is 0 Å². The number of aromatic nitrogens is 2. The van der Waals surface area contributed by atoms with Crippen molar-refractivity contribution in [2.24, 2.45) is 0 Å². The van der Waals surface area contributed by atoms with E-state index in [-0.39, 0.29) is 0 Å². The molecule has 0 amide bonds. The van der Waals surface area contributed by atoms with Crippen LogP contribution < -0.4 is 10.2 Å². The molecule has 0 atom stereocenters. The standard InChI is InChI=1S/C17H23ClN4/c1-5-6-9-22(4)17-11-16(19-13(3)20-17)21-14-8-7-12(2)15(18)10-14/h7-8,10-11H,5-6,9H2,1-4H3,(H,19,20,21). The minimum atomic E-state index is 0.746. The average molecular weight is 319 g/mol. The maximum absolute atomic E-state index is 6.17. The molecule has 5 heteroatoms. The Kier molecular flexibility index (Phi) is 5.61. The van der Waals surface area contributed by atoms with Crippen molar-refractivity contribution in [2.75, 3.05) is 23.8 Å². The van der Waals surface area contributed by atoms with Gasteiger partial charge in [-0.05, 0) is 38.0 Å². The van der Waals surface area contributed by atoms with Gasteiger partial charge in [0.1, 0.15) is 17.5 Å². The largest absolute Gasteiger partial charge is 0.360 e. The number of unbranched alkanes of at least 4 members (excludes halogenated alkanes) is 1. The number of aryl methyl sites for hydroxylation is 2. The first-order valence-corrected chi connectivity index (χ1v) is 7.97. The summed E-state index contributed by atoms with van der Waals surface area (Å²) in [4.78, 5) is 11.1. The lowest BCUT2D eigenvalue weighted by Crippen LogP contribution is -2.20. The lowest BCUT2D eigenvalue weighted by Gasteiger charge is -2.19. The summed E-state index contributed by atoms with van der Waals surface area (Å²) in [7, 11) is 2.06. The smallest absolute Gasteiger partial charge is 0.136 e. The first kappa shape index (κ1) is 16.6. The third-order valence-corrected chi connectivity index (χ3v) is 3.91. The van der Waals surface area contributed by atoms with Gasteiger partial charge in [-0.15, -0.1) is 0 Å². The normalized spacial score (nSPS) is 10.6. The molecule has 0 fully saturated rings. The van der Waals surface area contributed by atoms with Gasteiger partial charge >= 0.3 is 0 Å². The van der Waals surface area contributed by atoms with Crippen molar-refractivity contribution in [3.8, 4) is 0 Å². The summed E-state index contributed by atoms with van der Waals surface area (Å²) < 4.78 is 0. The molecule has 1 N–H and O–H groups in total. The van der Waals surface area contributed by atoms with Gasteiger partial charge < -0.3 is 10.2 Å². The van der Waals surface area contributed by atoms with E-state index in [1.165, 1.54) is 6.42 Å². The third-order valence-electron chi connectivity index (χ3n) is 3.51. The van der Waals surface area contributed by atoms with Crippen LogP contribution in [0.5, 0.6) is 0 Å². The van der Waals surface area contributed by atoms with Crippen LogP contribution in [0.1, 0.15) is 31.2 Å². The molecule has 2 rings (SSSR count). The molecule has 0 saturated heterocycles.